The first-order chi connectivity index (χ1) is 14.6. The van der Waals surface area contributed by atoms with Crippen molar-refractivity contribution in [1.82, 2.24) is 20.7 Å². The molecule has 162 valence electrons. The number of nitrogens with one attached hydrogen (secondary N) is 2. The van der Waals surface area contributed by atoms with Crippen LogP contribution in [0.15, 0.2) is 18.2 Å². The van der Waals surface area contributed by atoms with Gasteiger partial charge >= 0.3 is 6.03 Å². The van der Waals surface area contributed by atoms with E-state index in [1.165, 1.54) is 12.1 Å². The van der Waals surface area contributed by atoms with Gasteiger partial charge < -0.3 is 5.32 Å². The Morgan fingerprint density at radius 2 is 1.90 bits per heavy atom. The molecule has 0 unspecified atom stereocenters. The van der Waals surface area contributed by atoms with Crippen LogP contribution < -0.4 is 10.7 Å². The highest BCUT2D eigenvalue weighted by atomic mass is 16.6. The third-order valence-electron chi connectivity index (χ3n) is 6.00. The quantitative estimate of drug-likeness (QED) is 0.309. The van der Waals surface area contributed by atoms with Crippen molar-refractivity contribution in [2.24, 2.45) is 5.92 Å². The van der Waals surface area contributed by atoms with Gasteiger partial charge in [-0.25, -0.2) is 4.79 Å². The number of carbonyl (C=O) groups is 5. The van der Waals surface area contributed by atoms with Crippen LogP contribution in [0, 0.1) is 16.0 Å². The van der Waals surface area contributed by atoms with Gasteiger partial charge in [-0.3, -0.25) is 39.6 Å². The molecule has 0 atom stereocenters. The molecular formula is C19H19N5O7. The van der Waals surface area contributed by atoms with Crippen LogP contribution in [-0.2, 0) is 9.59 Å². The van der Waals surface area contributed by atoms with Gasteiger partial charge in [-0.2, -0.15) is 5.01 Å². The second kappa shape index (κ2) is 7.15. The molecule has 12 nitrogen and oxygen atoms in total. The van der Waals surface area contributed by atoms with Gasteiger partial charge in [0.1, 0.15) is 17.6 Å². The molecule has 2 aliphatic heterocycles. The number of carbonyl (C=O) groups excluding carboxylic acids is 5. The summed E-state index contributed by atoms with van der Waals surface area (Å²) in [7, 11) is 0. The number of rotatable bonds is 4. The van der Waals surface area contributed by atoms with Gasteiger partial charge in [0.2, 0.25) is 0 Å². The molecule has 31 heavy (non-hydrogen) atoms. The fraction of sp³-hybridized carbons (Fsp3) is 0.421. The number of hydrogen-bond acceptors (Lipinski definition) is 7. The van der Waals surface area contributed by atoms with Gasteiger partial charge in [0.25, 0.3) is 29.3 Å². The highest BCUT2D eigenvalue weighted by molar-refractivity contribution is 6.24. The lowest BCUT2D eigenvalue weighted by Gasteiger charge is -2.33. The molecule has 4 rings (SSSR count). The Hall–Kier alpha value is -3.83. The first kappa shape index (κ1) is 20.4. The summed E-state index contributed by atoms with van der Waals surface area (Å²) < 4.78 is 0. The second-order valence-electron chi connectivity index (χ2n) is 8.02. The molecule has 1 aromatic rings. The number of nitrogens with zero attached hydrogens (tertiary/aromatic N) is 3. The fourth-order valence-electron chi connectivity index (χ4n) is 4.23. The van der Waals surface area contributed by atoms with Crippen LogP contribution in [0.1, 0.15) is 53.3 Å². The summed E-state index contributed by atoms with van der Waals surface area (Å²) in [6.07, 6.45) is 2.41. The van der Waals surface area contributed by atoms with Crippen LogP contribution in [0.4, 0.5) is 10.5 Å². The van der Waals surface area contributed by atoms with Crippen molar-refractivity contribution in [3.05, 3.63) is 39.4 Å². The minimum Gasteiger partial charge on any atom is -0.322 e. The first-order valence-electron chi connectivity index (χ1n) is 9.74. The normalized spacial score (nSPS) is 25.1. The Morgan fingerprint density at radius 3 is 2.55 bits per heavy atom. The van der Waals surface area contributed by atoms with Gasteiger partial charge in [0.05, 0.1) is 10.5 Å². The summed E-state index contributed by atoms with van der Waals surface area (Å²) in [5.41, 5.74) is -0.0328. The van der Waals surface area contributed by atoms with Crippen LogP contribution in [0.3, 0.4) is 0 Å². The molecule has 1 spiro atoms. The van der Waals surface area contributed by atoms with Crippen LogP contribution in [0.25, 0.3) is 0 Å². The molecule has 6 amide bonds. The topological polar surface area (TPSA) is 159 Å². The second-order valence-corrected chi connectivity index (χ2v) is 8.02. The zero-order valence-electron chi connectivity index (χ0n) is 16.5. The predicted octanol–water partition coefficient (Wildman–Crippen LogP) is 0.723. The highest BCUT2D eigenvalue weighted by Gasteiger charge is 2.53. The molecular weight excluding hydrogens is 410 g/mol. The van der Waals surface area contributed by atoms with Gasteiger partial charge in [0.15, 0.2) is 0 Å². The monoisotopic (exact) mass is 429 g/mol. The molecule has 1 saturated heterocycles. The molecule has 2 heterocycles. The average Bonchev–Trinajstić information content (AvgIpc) is 3.10. The van der Waals surface area contributed by atoms with Gasteiger partial charge in [0, 0.05) is 6.07 Å². The molecule has 0 aromatic heterocycles. The number of nitro groups is 1. The Balaban J connectivity index is 1.47. The maximum Gasteiger partial charge on any atom is 0.344 e. The van der Waals surface area contributed by atoms with Crippen molar-refractivity contribution in [2.45, 2.75) is 38.1 Å². The molecule has 0 bridgehead atoms. The number of imide groups is 2. The van der Waals surface area contributed by atoms with E-state index in [0.29, 0.717) is 28.7 Å². The summed E-state index contributed by atoms with van der Waals surface area (Å²) in [6.45, 7) is 1.25. The lowest BCUT2D eigenvalue weighted by atomic mass is 9.77. The SMILES string of the molecule is CC1CCC2(CC1)NC(=O)N(NC(=O)CN1C(=O)c3cccc([N+](=O)[O-])c3C1=O)C2=O. The number of benzene rings is 1. The van der Waals surface area contributed by atoms with E-state index in [1.54, 1.807) is 0 Å². The number of nitro benzene ring substituents is 1. The lowest BCUT2D eigenvalue weighted by Crippen LogP contribution is -2.53. The third-order valence-corrected chi connectivity index (χ3v) is 6.00. The largest absolute Gasteiger partial charge is 0.344 e. The van der Waals surface area contributed by atoms with Crippen molar-refractivity contribution >= 4 is 35.3 Å². The summed E-state index contributed by atoms with van der Waals surface area (Å²) >= 11 is 0. The van der Waals surface area contributed by atoms with E-state index in [9.17, 15) is 34.1 Å². The van der Waals surface area contributed by atoms with Gasteiger partial charge in [-0.1, -0.05) is 13.0 Å². The van der Waals surface area contributed by atoms with E-state index in [-0.39, 0.29) is 5.56 Å². The number of hydrazine groups is 1. The minimum atomic E-state index is -1.06. The van der Waals surface area contributed by atoms with Crippen LogP contribution in [-0.4, -0.2) is 56.6 Å². The smallest absolute Gasteiger partial charge is 0.322 e. The Kier molecular flexibility index (Phi) is 4.71. The predicted molar refractivity (Wildman–Crippen MR) is 102 cm³/mol. The van der Waals surface area contributed by atoms with Crippen LogP contribution in [0.2, 0.25) is 0 Å². The number of urea groups is 1. The summed E-state index contributed by atoms with van der Waals surface area (Å²) in [4.78, 5) is 73.6. The van der Waals surface area contributed by atoms with E-state index in [4.69, 9.17) is 0 Å². The standard InChI is InChI=1S/C19H19N5O7/c1-10-5-7-19(8-6-10)17(28)23(18(29)20-19)21-13(25)9-22-15(26)11-3-2-4-12(24(30)31)14(11)16(22)27/h2-4,10H,5-9H2,1H3,(H,20,29)(H,21,25). The minimum absolute atomic E-state index is 0.183. The molecule has 2 fully saturated rings. The van der Waals surface area contributed by atoms with Crippen molar-refractivity contribution < 1.29 is 28.9 Å². The van der Waals surface area contributed by atoms with Crippen molar-refractivity contribution in [3.63, 3.8) is 0 Å². The molecule has 1 saturated carbocycles. The number of amides is 6. The van der Waals surface area contributed by atoms with E-state index in [1.807, 2.05) is 0 Å². The Bertz CT molecular complexity index is 1040. The molecule has 2 N–H and O–H groups in total. The first-order valence-corrected chi connectivity index (χ1v) is 9.74. The zero-order valence-corrected chi connectivity index (χ0v) is 16.5. The summed E-state index contributed by atoms with van der Waals surface area (Å²) in [5.74, 6) is -2.97. The number of fused-ring (bicyclic) bond motifs is 1. The summed E-state index contributed by atoms with van der Waals surface area (Å²) in [6, 6.07) is 2.83. The van der Waals surface area contributed by atoms with E-state index in [2.05, 4.69) is 17.7 Å². The van der Waals surface area contributed by atoms with Crippen molar-refractivity contribution in [3.8, 4) is 0 Å². The van der Waals surface area contributed by atoms with E-state index >= 15 is 0 Å². The van der Waals surface area contributed by atoms with E-state index < -0.39 is 57.9 Å². The maximum atomic E-state index is 12.8. The van der Waals surface area contributed by atoms with Gasteiger partial charge in [-0.15, -0.1) is 0 Å². The van der Waals surface area contributed by atoms with Crippen molar-refractivity contribution in [1.29, 1.82) is 0 Å². The Labute approximate surface area is 175 Å². The van der Waals surface area contributed by atoms with Gasteiger partial charge in [-0.05, 0) is 37.7 Å². The van der Waals surface area contributed by atoms with E-state index in [0.717, 1.165) is 18.9 Å². The average molecular weight is 429 g/mol. The molecule has 12 heteroatoms. The van der Waals surface area contributed by atoms with Crippen LogP contribution >= 0.6 is 0 Å². The third kappa shape index (κ3) is 3.20. The van der Waals surface area contributed by atoms with Crippen molar-refractivity contribution in [2.75, 3.05) is 6.54 Å². The fourth-order valence-corrected chi connectivity index (χ4v) is 4.23. The molecule has 3 aliphatic rings. The van der Waals surface area contributed by atoms with Crippen LogP contribution in [0.5, 0.6) is 0 Å². The molecule has 1 aromatic carbocycles. The molecule has 1 aliphatic carbocycles. The Morgan fingerprint density at radius 1 is 1.23 bits per heavy atom. The molecule has 0 radical (unpaired) electrons. The number of hydrogen-bond donors (Lipinski definition) is 2. The zero-order chi connectivity index (χ0) is 22.5. The maximum absolute atomic E-state index is 12.8. The highest BCUT2D eigenvalue weighted by Crippen LogP contribution is 2.36. The lowest BCUT2D eigenvalue weighted by molar-refractivity contribution is -0.385. The summed E-state index contributed by atoms with van der Waals surface area (Å²) in [5, 5.41) is 14.4.